The molecule has 2 heterocycles. The zero-order chi connectivity index (χ0) is 22.7. The van der Waals surface area contributed by atoms with Gasteiger partial charge in [0.05, 0.1) is 18.1 Å². The molecule has 0 saturated carbocycles. The highest BCUT2D eigenvalue weighted by molar-refractivity contribution is 5.99. The van der Waals surface area contributed by atoms with E-state index in [1.54, 1.807) is 26.0 Å². The summed E-state index contributed by atoms with van der Waals surface area (Å²) in [6, 6.07) is 2.95. The third-order valence-electron chi connectivity index (χ3n) is 5.47. The third-order valence-corrected chi connectivity index (χ3v) is 5.47. The first-order valence-electron chi connectivity index (χ1n) is 10.1. The smallest absolute Gasteiger partial charge is 0.204 e. The fraction of sp³-hybridized carbons (Fsp3) is 0.375. The Morgan fingerprint density at radius 3 is 2.52 bits per heavy atom. The monoisotopic (exact) mass is 426 g/mol. The molecule has 0 aliphatic carbocycles. The quantitative estimate of drug-likeness (QED) is 0.535. The van der Waals surface area contributed by atoms with Gasteiger partial charge in [0.1, 0.15) is 28.1 Å². The Hall–Kier alpha value is -3.19. The number of benzene rings is 2. The molecule has 0 atom stereocenters. The standard InChI is InChI=1S/C24H26O7/c1-23(2,28)8-7-13-16(29-5)11-15(25)17-18(26)14-10-12-6-9-24(3,4)31-20(12)19(27)22(14)30-21(13)17/h6,9-11,25,27-28H,7-8H2,1-5H3. The number of ether oxygens (including phenoxy) is 2. The molecule has 0 radical (unpaired) electrons. The molecule has 4 rings (SSSR count). The highest BCUT2D eigenvalue weighted by Crippen LogP contribution is 2.45. The van der Waals surface area contributed by atoms with Crippen LogP contribution in [0, 0.1) is 0 Å². The van der Waals surface area contributed by atoms with E-state index in [0.29, 0.717) is 29.7 Å². The van der Waals surface area contributed by atoms with E-state index in [-0.39, 0.29) is 39.2 Å². The second kappa shape index (κ2) is 6.92. The van der Waals surface area contributed by atoms with Crippen LogP contribution in [-0.4, -0.2) is 33.6 Å². The number of aromatic hydroxyl groups is 2. The van der Waals surface area contributed by atoms with Gasteiger partial charge in [-0.3, -0.25) is 4.79 Å². The summed E-state index contributed by atoms with van der Waals surface area (Å²) in [4.78, 5) is 13.3. The Bertz CT molecular complexity index is 1290. The van der Waals surface area contributed by atoms with Gasteiger partial charge in [0.2, 0.25) is 11.2 Å². The Morgan fingerprint density at radius 1 is 1.16 bits per heavy atom. The van der Waals surface area contributed by atoms with Gasteiger partial charge in [-0.2, -0.15) is 0 Å². The predicted molar refractivity (Wildman–Crippen MR) is 118 cm³/mol. The molecule has 1 aliphatic rings. The molecule has 0 amide bonds. The molecule has 0 spiro atoms. The molecular weight excluding hydrogens is 400 g/mol. The van der Waals surface area contributed by atoms with Crippen molar-refractivity contribution in [3.8, 4) is 23.0 Å². The summed E-state index contributed by atoms with van der Waals surface area (Å²) in [5, 5.41) is 31.8. The lowest BCUT2D eigenvalue weighted by Gasteiger charge is -2.28. The van der Waals surface area contributed by atoms with Gasteiger partial charge in [-0.1, -0.05) is 6.08 Å². The maximum absolute atomic E-state index is 13.3. The van der Waals surface area contributed by atoms with Crippen LogP contribution in [0.3, 0.4) is 0 Å². The van der Waals surface area contributed by atoms with E-state index in [2.05, 4.69) is 0 Å². The Kier molecular flexibility index (Phi) is 4.70. The molecule has 2 aromatic carbocycles. The van der Waals surface area contributed by atoms with Gasteiger partial charge >= 0.3 is 0 Å². The van der Waals surface area contributed by atoms with Gasteiger partial charge in [-0.25, -0.2) is 0 Å². The molecule has 0 fully saturated rings. The molecule has 3 aromatic rings. The fourth-order valence-electron chi connectivity index (χ4n) is 3.83. The molecule has 1 aromatic heterocycles. The van der Waals surface area contributed by atoms with E-state index in [9.17, 15) is 20.1 Å². The van der Waals surface area contributed by atoms with E-state index in [0.717, 1.165) is 0 Å². The number of hydrogen-bond donors (Lipinski definition) is 3. The second-order valence-corrected chi connectivity index (χ2v) is 9.08. The Balaban J connectivity index is 2.07. The van der Waals surface area contributed by atoms with Crippen LogP contribution in [0.2, 0.25) is 0 Å². The number of rotatable bonds is 4. The molecule has 3 N–H and O–H groups in total. The predicted octanol–water partition coefficient (Wildman–Crippen LogP) is 4.25. The van der Waals surface area contributed by atoms with Gasteiger partial charge in [-0.15, -0.1) is 0 Å². The van der Waals surface area contributed by atoms with E-state index < -0.39 is 16.6 Å². The maximum Gasteiger partial charge on any atom is 0.204 e. The number of hydrogen-bond acceptors (Lipinski definition) is 7. The van der Waals surface area contributed by atoms with Gasteiger partial charge in [0.25, 0.3) is 0 Å². The largest absolute Gasteiger partial charge is 0.507 e. The van der Waals surface area contributed by atoms with E-state index in [4.69, 9.17) is 13.9 Å². The molecule has 1 aliphatic heterocycles. The first-order valence-corrected chi connectivity index (χ1v) is 10.1. The highest BCUT2D eigenvalue weighted by Gasteiger charge is 2.29. The third kappa shape index (κ3) is 3.59. The van der Waals surface area contributed by atoms with Crippen molar-refractivity contribution in [2.75, 3.05) is 7.11 Å². The van der Waals surface area contributed by atoms with Crippen molar-refractivity contribution in [1.29, 1.82) is 0 Å². The topological polar surface area (TPSA) is 109 Å². The summed E-state index contributed by atoms with van der Waals surface area (Å²) in [7, 11) is 1.45. The minimum absolute atomic E-state index is 0.000525. The van der Waals surface area contributed by atoms with Gasteiger partial charge in [0.15, 0.2) is 11.3 Å². The molecule has 31 heavy (non-hydrogen) atoms. The van der Waals surface area contributed by atoms with Crippen LogP contribution in [-0.2, 0) is 6.42 Å². The van der Waals surface area contributed by atoms with Crippen molar-refractivity contribution in [1.82, 2.24) is 0 Å². The molecule has 0 unspecified atom stereocenters. The zero-order valence-electron chi connectivity index (χ0n) is 18.2. The number of phenolic OH excluding ortho intramolecular Hbond substituents is 2. The van der Waals surface area contributed by atoms with Crippen molar-refractivity contribution in [2.24, 2.45) is 0 Å². The number of fused-ring (bicyclic) bond motifs is 3. The van der Waals surface area contributed by atoms with E-state index in [1.165, 1.54) is 13.2 Å². The van der Waals surface area contributed by atoms with Crippen molar-refractivity contribution in [3.05, 3.63) is 39.6 Å². The minimum Gasteiger partial charge on any atom is -0.507 e. The first kappa shape index (κ1) is 21.1. The molecule has 7 heteroatoms. The van der Waals surface area contributed by atoms with E-state index >= 15 is 0 Å². The normalized spacial score (nSPS) is 15.2. The van der Waals surface area contributed by atoms with Crippen LogP contribution >= 0.6 is 0 Å². The number of aryl methyl sites for hydroxylation is 1. The Morgan fingerprint density at radius 2 is 1.87 bits per heavy atom. The molecule has 164 valence electrons. The van der Waals surface area contributed by atoms with Crippen LogP contribution < -0.4 is 14.9 Å². The van der Waals surface area contributed by atoms with Gasteiger partial charge < -0.3 is 29.2 Å². The summed E-state index contributed by atoms with van der Waals surface area (Å²) in [6.07, 6.45) is 4.31. The summed E-state index contributed by atoms with van der Waals surface area (Å²) >= 11 is 0. The maximum atomic E-state index is 13.3. The number of aliphatic hydroxyl groups is 1. The van der Waals surface area contributed by atoms with Crippen LogP contribution in [0.4, 0.5) is 0 Å². The van der Waals surface area contributed by atoms with Crippen molar-refractivity contribution >= 4 is 28.0 Å². The van der Waals surface area contributed by atoms with E-state index in [1.807, 2.05) is 19.9 Å². The number of phenols is 2. The molecule has 0 bridgehead atoms. The highest BCUT2D eigenvalue weighted by atomic mass is 16.5. The van der Waals surface area contributed by atoms with Gasteiger partial charge in [-0.05, 0) is 52.7 Å². The summed E-state index contributed by atoms with van der Waals surface area (Å²) in [6.45, 7) is 7.06. The van der Waals surface area contributed by atoms with Crippen LogP contribution in [0.1, 0.15) is 45.2 Å². The summed E-state index contributed by atoms with van der Waals surface area (Å²) in [5.74, 6) is 0.00138. The lowest BCUT2D eigenvalue weighted by Crippen LogP contribution is -2.27. The minimum atomic E-state index is -0.959. The Labute approximate surface area is 179 Å². The second-order valence-electron chi connectivity index (χ2n) is 9.08. The van der Waals surface area contributed by atoms with Crippen LogP contribution in [0.25, 0.3) is 28.0 Å². The number of methoxy groups -OCH3 is 1. The van der Waals surface area contributed by atoms with Crippen LogP contribution in [0.5, 0.6) is 23.0 Å². The molecule has 0 saturated heterocycles. The average Bonchev–Trinajstić information content (AvgIpc) is 2.67. The SMILES string of the molecule is COc1cc(O)c2c(=O)c3cc4c(c(O)c3oc2c1CCC(C)(C)O)OC(C)(C)C=C4. The van der Waals surface area contributed by atoms with Crippen molar-refractivity contribution in [2.45, 2.75) is 51.7 Å². The summed E-state index contributed by atoms with van der Waals surface area (Å²) < 4.78 is 17.3. The lowest BCUT2D eigenvalue weighted by atomic mass is 9.95. The van der Waals surface area contributed by atoms with Crippen molar-refractivity contribution < 1.29 is 29.2 Å². The lowest BCUT2D eigenvalue weighted by molar-refractivity contribution is 0.0713. The molecular formula is C24H26O7. The zero-order valence-corrected chi connectivity index (χ0v) is 18.2. The molecule has 7 nitrogen and oxygen atoms in total. The van der Waals surface area contributed by atoms with Gasteiger partial charge in [0, 0.05) is 17.2 Å². The first-order chi connectivity index (χ1) is 14.4. The fourth-order valence-corrected chi connectivity index (χ4v) is 3.83. The van der Waals surface area contributed by atoms with Crippen molar-refractivity contribution in [3.63, 3.8) is 0 Å². The summed E-state index contributed by atoms with van der Waals surface area (Å²) in [5.41, 5.74) is -0.911. The van der Waals surface area contributed by atoms with Crippen LogP contribution in [0.15, 0.2) is 27.4 Å². The average molecular weight is 426 g/mol.